The van der Waals surface area contributed by atoms with Crippen LogP contribution in [0.2, 0.25) is 0 Å². The molecular weight excluding hydrogens is 339 g/mol. The third kappa shape index (κ3) is 5.41. The number of hydrogen-bond acceptors (Lipinski definition) is 4. The average Bonchev–Trinajstić information content (AvgIpc) is 2.61. The van der Waals surface area contributed by atoms with Crippen LogP contribution in [0.1, 0.15) is 22.8 Å². The summed E-state index contributed by atoms with van der Waals surface area (Å²) in [5.74, 6) is -2.46. The van der Waals surface area contributed by atoms with Crippen LogP contribution in [0.5, 0.6) is 0 Å². The van der Waals surface area contributed by atoms with Gasteiger partial charge in [-0.15, -0.1) is 0 Å². The fourth-order valence-electron chi connectivity index (χ4n) is 2.13. The van der Waals surface area contributed by atoms with Gasteiger partial charge in [0.1, 0.15) is 12.4 Å². The van der Waals surface area contributed by atoms with Crippen molar-refractivity contribution in [3.05, 3.63) is 65.5 Å². The topological polar surface area (TPSA) is 84.5 Å². The Morgan fingerprint density at radius 3 is 2.54 bits per heavy atom. The predicted molar refractivity (Wildman–Crippen MR) is 94.1 cm³/mol. The van der Waals surface area contributed by atoms with Gasteiger partial charge >= 0.3 is 5.97 Å². The van der Waals surface area contributed by atoms with E-state index < -0.39 is 29.7 Å². The van der Waals surface area contributed by atoms with E-state index in [1.54, 1.807) is 24.3 Å². The monoisotopic (exact) mass is 358 g/mol. The number of hydrogen-bond donors (Lipinski definition) is 2. The Morgan fingerprint density at radius 1 is 1.12 bits per heavy atom. The number of carbonyl (C=O) groups excluding carboxylic acids is 3. The lowest BCUT2D eigenvalue weighted by atomic mass is 10.1. The number of ether oxygens (including phenoxy) is 1. The molecule has 0 aliphatic heterocycles. The van der Waals surface area contributed by atoms with Crippen LogP contribution in [-0.2, 0) is 14.3 Å². The summed E-state index contributed by atoms with van der Waals surface area (Å²) in [6.45, 7) is 2.82. The van der Waals surface area contributed by atoms with E-state index in [2.05, 4.69) is 10.6 Å². The van der Waals surface area contributed by atoms with Gasteiger partial charge in [0.2, 0.25) is 0 Å². The molecule has 2 amide bonds. The Labute approximate surface area is 150 Å². The SMILES string of the molecule is Cc1cccc(C(=O)NCC(=O)OC(C)C(=O)Nc2ccccc2F)c1. The second kappa shape index (κ2) is 8.75. The van der Waals surface area contributed by atoms with Crippen molar-refractivity contribution in [3.8, 4) is 0 Å². The Hall–Kier alpha value is -3.22. The fraction of sp³-hybridized carbons (Fsp3) is 0.211. The van der Waals surface area contributed by atoms with Crippen molar-refractivity contribution in [1.82, 2.24) is 5.32 Å². The number of para-hydroxylation sites is 1. The maximum Gasteiger partial charge on any atom is 0.326 e. The lowest BCUT2D eigenvalue weighted by Crippen LogP contribution is -2.36. The van der Waals surface area contributed by atoms with Crippen molar-refractivity contribution in [2.45, 2.75) is 20.0 Å². The highest BCUT2D eigenvalue weighted by atomic mass is 19.1. The molecule has 0 fully saturated rings. The maximum atomic E-state index is 13.5. The van der Waals surface area contributed by atoms with Crippen LogP contribution in [0.4, 0.5) is 10.1 Å². The molecule has 7 heteroatoms. The first kappa shape index (κ1) is 19.1. The largest absolute Gasteiger partial charge is 0.451 e. The number of aryl methyl sites for hydroxylation is 1. The van der Waals surface area contributed by atoms with Crippen LogP contribution >= 0.6 is 0 Å². The summed E-state index contributed by atoms with van der Waals surface area (Å²) in [7, 11) is 0. The number of nitrogens with one attached hydrogen (secondary N) is 2. The zero-order valence-electron chi connectivity index (χ0n) is 14.4. The first-order valence-electron chi connectivity index (χ1n) is 7.96. The highest BCUT2D eigenvalue weighted by Gasteiger charge is 2.19. The molecule has 0 saturated heterocycles. The number of esters is 1. The minimum absolute atomic E-state index is 0.00634. The van der Waals surface area contributed by atoms with Crippen LogP contribution in [0, 0.1) is 12.7 Å². The standard InChI is InChI=1S/C19H19FN2O4/c1-12-6-5-7-14(10-12)19(25)21-11-17(23)26-13(2)18(24)22-16-9-4-3-8-15(16)20/h3-10,13H,11H2,1-2H3,(H,21,25)(H,22,24). The minimum Gasteiger partial charge on any atom is -0.451 e. The third-order valence-electron chi connectivity index (χ3n) is 3.48. The molecule has 6 nitrogen and oxygen atoms in total. The van der Waals surface area contributed by atoms with Crippen molar-refractivity contribution in [3.63, 3.8) is 0 Å². The van der Waals surface area contributed by atoms with Crippen LogP contribution in [-0.4, -0.2) is 30.4 Å². The molecule has 0 spiro atoms. The number of amides is 2. The van der Waals surface area contributed by atoms with Crippen molar-refractivity contribution in [2.24, 2.45) is 0 Å². The Bertz CT molecular complexity index is 823. The van der Waals surface area contributed by atoms with Crippen molar-refractivity contribution in [2.75, 3.05) is 11.9 Å². The van der Waals surface area contributed by atoms with E-state index in [1.165, 1.54) is 25.1 Å². The quantitative estimate of drug-likeness (QED) is 0.777. The molecule has 0 heterocycles. The number of benzene rings is 2. The summed E-state index contributed by atoms with van der Waals surface area (Å²) in [5.41, 5.74) is 1.33. The molecule has 2 aromatic carbocycles. The van der Waals surface area contributed by atoms with Crippen LogP contribution in [0.3, 0.4) is 0 Å². The summed E-state index contributed by atoms with van der Waals surface area (Å²) in [6.07, 6.45) is -1.14. The van der Waals surface area contributed by atoms with E-state index in [0.29, 0.717) is 5.56 Å². The van der Waals surface area contributed by atoms with Gasteiger partial charge in [-0.1, -0.05) is 29.8 Å². The van der Waals surface area contributed by atoms with Gasteiger partial charge in [0.15, 0.2) is 6.10 Å². The van der Waals surface area contributed by atoms with Crippen LogP contribution in [0.15, 0.2) is 48.5 Å². The number of carbonyl (C=O) groups is 3. The highest BCUT2D eigenvalue weighted by Crippen LogP contribution is 2.13. The van der Waals surface area contributed by atoms with Crippen molar-refractivity contribution >= 4 is 23.5 Å². The van der Waals surface area contributed by atoms with Gasteiger partial charge in [0.05, 0.1) is 5.69 Å². The molecule has 0 aromatic heterocycles. The summed E-state index contributed by atoms with van der Waals surface area (Å²) in [4.78, 5) is 35.7. The normalized spacial score (nSPS) is 11.3. The van der Waals surface area contributed by atoms with Gasteiger partial charge in [-0.25, -0.2) is 4.39 Å². The number of halogens is 1. The van der Waals surface area contributed by atoms with Gasteiger partial charge in [0, 0.05) is 5.56 Å². The minimum atomic E-state index is -1.14. The van der Waals surface area contributed by atoms with Gasteiger partial charge < -0.3 is 15.4 Å². The van der Waals surface area contributed by atoms with E-state index in [4.69, 9.17) is 4.74 Å². The molecule has 26 heavy (non-hydrogen) atoms. The molecule has 1 atom stereocenters. The van der Waals surface area contributed by atoms with E-state index >= 15 is 0 Å². The molecule has 0 aliphatic carbocycles. The molecule has 2 aromatic rings. The van der Waals surface area contributed by atoms with E-state index in [-0.39, 0.29) is 12.2 Å². The molecule has 0 aliphatic rings. The molecule has 2 N–H and O–H groups in total. The first-order valence-corrected chi connectivity index (χ1v) is 7.96. The van der Waals surface area contributed by atoms with E-state index in [1.807, 2.05) is 13.0 Å². The van der Waals surface area contributed by atoms with Crippen molar-refractivity contribution in [1.29, 1.82) is 0 Å². The van der Waals surface area contributed by atoms with Gasteiger partial charge in [0.25, 0.3) is 11.8 Å². The summed E-state index contributed by atoms with van der Waals surface area (Å²) < 4.78 is 18.5. The molecular formula is C19H19FN2O4. The molecule has 0 saturated carbocycles. The maximum absolute atomic E-state index is 13.5. The Balaban J connectivity index is 1.82. The number of rotatable bonds is 6. The van der Waals surface area contributed by atoms with Crippen molar-refractivity contribution < 1.29 is 23.5 Å². The summed E-state index contributed by atoms with van der Waals surface area (Å²) >= 11 is 0. The fourth-order valence-corrected chi connectivity index (χ4v) is 2.13. The molecule has 0 radical (unpaired) electrons. The molecule has 0 bridgehead atoms. The third-order valence-corrected chi connectivity index (χ3v) is 3.48. The van der Waals surface area contributed by atoms with Crippen LogP contribution < -0.4 is 10.6 Å². The second-order valence-electron chi connectivity index (χ2n) is 5.65. The predicted octanol–water partition coefficient (Wildman–Crippen LogP) is 2.43. The second-order valence-corrected chi connectivity index (χ2v) is 5.65. The smallest absolute Gasteiger partial charge is 0.326 e. The van der Waals surface area contributed by atoms with Gasteiger partial charge in [-0.05, 0) is 38.1 Å². The van der Waals surface area contributed by atoms with E-state index in [9.17, 15) is 18.8 Å². The molecule has 2 rings (SSSR count). The zero-order valence-corrected chi connectivity index (χ0v) is 14.4. The summed E-state index contributed by atoms with van der Waals surface area (Å²) in [6, 6.07) is 12.5. The van der Waals surface area contributed by atoms with Crippen LogP contribution in [0.25, 0.3) is 0 Å². The lowest BCUT2D eigenvalue weighted by Gasteiger charge is -2.14. The zero-order chi connectivity index (χ0) is 19.1. The van der Waals surface area contributed by atoms with E-state index in [0.717, 1.165) is 5.56 Å². The Morgan fingerprint density at radius 2 is 1.85 bits per heavy atom. The highest BCUT2D eigenvalue weighted by molar-refractivity contribution is 5.97. The van der Waals surface area contributed by atoms with Gasteiger partial charge in [-0.3, -0.25) is 14.4 Å². The average molecular weight is 358 g/mol. The summed E-state index contributed by atoms with van der Waals surface area (Å²) in [5, 5.41) is 4.76. The number of anilines is 1. The first-order chi connectivity index (χ1) is 12.4. The Kier molecular flexibility index (Phi) is 6.43. The molecule has 1 unspecified atom stereocenters. The van der Waals surface area contributed by atoms with Gasteiger partial charge in [-0.2, -0.15) is 0 Å². The lowest BCUT2D eigenvalue weighted by molar-refractivity contribution is -0.152. The molecule has 136 valence electrons.